The van der Waals surface area contributed by atoms with Crippen LogP contribution >= 0.6 is 11.6 Å². The predicted octanol–water partition coefficient (Wildman–Crippen LogP) is 5.85. The summed E-state index contributed by atoms with van der Waals surface area (Å²) in [7, 11) is 0. The maximum atomic E-state index is 13.1. The number of hydrogen-bond acceptors (Lipinski definition) is 5. The van der Waals surface area contributed by atoms with E-state index in [9.17, 15) is 31.1 Å². The van der Waals surface area contributed by atoms with Gasteiger partial charge in [0, 0.05) is 5.02 Å². The lowest BCUT2D eigenvalue weighted by atomic mass is 10.1. The van der Waals surface area contributed by atoms with Crippen molar-refractivity contribution in [3.05, 3.63) is 75.6 Å². The van der Waals surface area contributed by atoms with Gasteiger partial charge in [-0.1, -0.05) is 22.0 Å². The van der Waals surface area contributed by atoms with Crippen LogP contribution in [0.2, 0.25) is 5.02 Å². The summed E-state index contributed by atoms with van der Waals surface area (Å²) in [5.74, 6) is -0.816. The molecule has 0 bridgehead atoms. The number of alkyl halides is 6. The van der Waals surface area contributed by atoms with Gasteiger partial charge in [0.25, 0.3) is 0 Å². The molecule has 0 amide bonds. The average Bonchev–Trinajstić information content (AvgIpc) is 3.12. The van der Waals surface area contributed by atoms with Gasteiger partial charge in [-0.3, -0.25) is 0 Å². The van der Waals surface area contributed by atoms with Gasteiger partial charge in [-0.05, 0) is 56.3 Å². The molecule has 13 heteroatoms. The third-order valence-corrected chi connectivity index (χ3v) is 4.65. The fourth-order valence-electron chi connectivity index (χ4n) is 2.76. The summed E-state index contributed by atoms with van der Waals surface area (Å²) < 4.78 is 79.6. The second kappa shape index (κ2) is 8.85. The van der Waals surface area contributed by atoms with Crippen LogP contribution in [0.3, 0.4) is 0 Å². The fraction of sp³-hybridized carbons (Fsp3) is 0.200. The second-order valence-electron chi connectivity index (χ2n) is 6.76. The first-order valence-electron chi connectivity index (χ1n) is 9.01. The van der Waals surface area contributed by atoms with Crippen molar-refractivity contribution < 1.29 is 36.0 Å². The SMILES string of the molecule is C/C(=N\OC(=O)c1ccc(Cl)cc1)c1nnn(-c2cc(C(F)(F)F)cc(C(F)(F)F)c2)c1C. The maximum absolute atomic E-state index is 13.1. The minimum absolute atomic E-state index is 0.00452. The van der Waals surface area contributed by atoms with E-state index >= 15 is 0 Å². The van der Waals surface area contributed by atoms with Gasteiger partial charge in [0.15, 0.2) is 0 Å². The summed E-state index contributed by atoms with van der Waals surface area (Å²) in [4.78, 5) is 16.9. The number of rotatable bonds is 4. The number of hydrogen-bond donors (Lipinski definition) is 0. The molecule has 0 aliphatic heterocycles. The first-order chi connectivity index (χ1) is 15.3. The molecule has 0 saturated heterocycles. The zero-order chi connectivity index (χ0) is 24.6. The topological polar surface area (TPSA) is 69.4 Å². The van der Waals surface area contributed by atoms with Crippen molar-refractivity contribution in [3.63, 3.8) is 0 Å². The van der Waals surface area contributed by atoms with Crippen molar-refractivity contribution >= 4 is 23.3 Å². The van der Waals surface area contributed by atoms with Crippen molar-refractivity contribution in [1.82, 2.24) is 15.0 Å². The van der Waals surface area contributed by atoms with Crippen LogP contribution in [-0.2, 0) is 17.2 Å². The Morgan fingerprint density at radius 1 is 1.00 bits per heavy atom. The van der Waals surface area contributed by atoms with E-state index < -0.39 is 35.1 Å². The van der Waals surface area contributed by atoms with Crippen molar-refractivity contribution in [3.8, 4) is 5.69 Å². The summed E-state index contributed by atoms with van der Waals surface area (Å²) in [5, 5.41) is 11.4. The Morgan fingerprint density at radius 3 is 2.06 bits per heavy atom. The van der Waals surface area contributed by atoms with Crippen molar-refractivity contribution in [2.75, 3.05) is 0 Å². The molecule has 3 rings (SSSR count). The molecule has 0 atom stereocenters. The molecule has 33 heavy (non-hydrogen) atoms. The molecule has 0 unspecified atom stereocenters. The zero-order valence-corrected chi connectivity index (χ0v) is 17.5. The average molecular weight is 491 g/mol. The highest BCUT2D eigenvalue weighted by Crippen LogP contribution is 2.37. The van der Waals surface area contributed by atoms with E-state index in [0.29, 0.717) is 17.2 Å². The van der Waals surface area contributed by atoms with Crippen LogP contribution in [0.25, 0.3) is 5.69 Å². The van der Waals surface area contributed by atoms with Crippen LogP contribution in [-0.4, -0.2) is 26.7 Å². The van der Waals surface area contributed by atoms with Crippen LogP contribution in [0.4, 0.5) is 26.3 Å². The van der Waals surface area contributed by atoms with E-state index in [2.05, 4.69) is 15.5 Å². The van der Waals surface area contributed by atoms with E-state index in [0.717, 1.165) is 4.68 Å². The monoisotopic (exact) mass is 490 g/mol. The van der Waals surface area contributed by atoms with Gasteiger partial charge in [-0.2, -0.15) is 26.3 Å². The summed E-state index contributed by atoms with van der Waals surface area (Å²) in [6, 6.07) is 6.80. The van der Waals surface area contributed by atoms with Crippen LogP contribution in [0.5, 0.6) is 0 Å². The van der Waals surface area contributed by atoms with Gasteiger partial charge < -0.3 is 4.84 Å². The van der Waals surface area contributed by atoms with E-state index in [1.165, 1.54) is 38.1 Å². The van der Waals surface area contributed by atoms with Gasteiger partial charge >= 0.3 is 18.3 Å². The maximum Gasteiger partial charge on any atom is 0.416 e. The van der Waals surface area contributed by atoms with E-state index in [4.69, 9.17) is 16.4 Å². The third kappa shape index (κ3) is 5.51. The number of halogens is 7. The molecule has 6 nitrogen and oxygen atoms in total. The fourth-order valence-corrected chi connectivity index (χ4v) is 2.89. The van der Waals surface area contributed by atoms with Crippen LogP contribution in [0.15, 0.2) is 47.6 Å². The number of carbonyl (C=O) groups excluding carboxylic acids is 1. The first-order valence-corrected chi connectivity index (χ1v) is 9.39. The lowest BCUT2D eigenvalue weighted by molar-refractivity contribution is -0.143. The molecule has 0 radical (unpaired) electrons. The Kier molecular flexibility index (Phi) is 6.50. The molecule has 2 aromatic carbocycles. The lowest BCUT2D eigenvalue weighted by Gasteiger charge is -2.14. The minimum Gasteiger partial charge on any atom is -0.312 e. The molecular weight excluding hydrogens is 478 g/mol. The van der Waals surface area contributed by atoms with E-state index in [1.54, 1.807) is 0 Å². The smallest absolute Gasteiger partial charge is 0.312 e. The minimum atomic E-state index is -5.01. The first kappa shape index (κ1) is 24.2. The van der Waals surface area contributed by atoms with Gasteiger partial charge in [0.05, 0.1) is 28.1 Å². The van der Waals surface area contributed by atoms with Crippen LogP contribution in [0.1, 0.15) is 39.8 Å². The van der Waals surface area contributed by atoms with E-state index in [-0.39, 0.29) is 28.7 Å². The second-order valence-corrected chi connectivity index (χ2v) is 7.20. The Labute approximate surface area is 187 Å². The molecule has 0 aliphatic rings. The summed E-state index contributed by atoms with van der Waals surface area (Å²) >= 11 is 5.74. The van der Waals surface area contributed by atoms with Crippen molar-refractivity contribution in [2.45, 2.75) is 26.2 Å². The number of benzene rings is 2. The molecule has 0 aliphatic carbocycles. The number of nitrogens with zero attached hydrogens (tertiary/aromatic N) is 4. The highest BCUT2D eigenvalue weighted by Gasteiger charge is 2.37. The Bertz CT molecular complexity index is 1180. The Hall–Kier alpha value is -3.41. The molecular formula is C20H13ClF6N4O2. The number of carbonyl (C=O) groups is 1. The molecule has 174 valence electrons. The zero-order valence-electron chi connectivity index (χ0n) is 16.8. The normalized spacial score (nSPS) is 12.7. The molecule has 0 saturated carbocycles. The highest BCUT2D eigenvalue weighted by atomic mass is 35.5. The standard InChI is InChI=1S/C20H13ClF6N4O2/c1-10(29-33-18(32)12-3-5-15(21)6-4-12)17-11(2)31(30-28-17)16-8-13(19(22,23)24)7-14(9-16)20(25,26)27/h3-9H,1-2H3/b29-10+. The quantitative estimate of drug-likeness (QED) is 0.199. The highest BCUT2D eigenvalue weighted by molar-refractivity contribution is 6.30. The Morgan fingerprint density at radius 2 is 1.55 bits per heavy atom. The van der Waals surface area contributed by atoms with Gasteiger partial charge in [-0.25, -0.2) is 9.48 Å². The van der Waals surface area contributed by atoms with E-state index in [1.807, 2.05) is 0 Å². The van der Waals surface area contributed by atoms with Crippen LogP contribution < -0.4 is 0 Å². The lowest BCUT2D eigenvalue weighted by Crippen LogP contribution is -2.13. The Balaban J connectivity index is 1.93. The van der Waals surface area contributed by atoms with Crippen molar-refractivity contribution in [2.24, 2.45) is 5.16 Å². The molecule has 0 spiro atoms. The molecule has 1 aromatic heterocycles. The van der Waals surface area contributed by atoms with Crippen molar-refractivity contribution in [1.29, 1.82) is 0 Å². The molecule has 0 fully saturated rings. The molecule has 3 aromatic rings. The number of oxime groups is 1. The summed E-state index contributed by atoms with van der Waals surface area (Å²) in [5.41, 5.74) is -3.24. The van der Waals surface area contributed by atoms with Gasteiger partial charge in [0.1, 0.15) is 11.4 Å². The summed E-state index contributed by atoms with van der Waals surface area (Å²) in [6.07, 6.45) is -10.0. The van der Waals surface area contributed by atoms with Gasteiger partial charge in [0.2, 0.25) is 0 Å². The van der Waals surface area contributed by atoms with Gasteiger partial charge in [-0.15, -0.1) is 5.10 Å². The van der Waals surface area contributed by atoms with Crippen LogP contribution in [0, 0.1) is 6.92 Å². The number of aromatic nitrogens is 3. The largest absolute Gasteiger partial charge is 0.416 e. The molecule has 1 heterocycles. The summed E-state index contributed by atoms with van der Waals surface area (Å²) in [6.45, 7) is 2.74. The molecule has 0 N–H and O–H groups in total. The third-order valence-electron chi connectivity index (χ3n) is 4.40. The predicted molar refractivity (Wildman–Crippen MR) is 105 cm³/mol.